The van der Waals surface area contributed by atoms with Crippen molar-refractivity contribution in [2.24, 2.45) is 0 Å². The van der Waals surface area contributed by atoms with Crippen molar-refractivity contribution in [2.75, 3.05) is 0 Å². The average molecular weight is 246 g/mol. The van der Waals surface area contributed by atoms with Crippen molar-refractivity contribution in [3.05, 3.63) is 17.6 Å². The maximum absolute atomic E-state index is 6.08. The first-order valence-electron chi connectivity index (χ1n) is 7.08. The van der Waals surface area contributed by atoms with Crippen LogP contribution in [0.1, 0.15) is 70.1 Å². The first-order valence-corrected chi connectivity index (χ1v) is 7.08. The van der Waals surface area contributed by atoms with Crippen LogP contribution in [-0.4, -0.2) is 16.1 Å². The van der Waals surface area contributed by atoms with E-state index in [4.69, 9.17) is 4.74 Å². The zero-order chi connectivity index (χ0) is 12.8. The van der Waals surface area contributed by atoms with Crippen molar-refractivity contribution >= 4 is 0 Å². The molecule has 2 aliphatic rings. The Kier molecular flexibility index (Phi) is 2.80. The number of hydrogen-bond acceptors (Lipinski definition) is 3. The van der Waals surface area contributed by atoms with Crippen LogP contribution in [0.2, 0.25) is 0 Å². The predicted octanol–water partition coefficient (Wildman–Crippen LogP) is 3.58. The highest BCUT2D eigenvalue weighted by atomic mass is 16.5. The van der Waals surface area contributed by atoms with Crippen molar-refractivity contribution in [3.63, 3.8) is 0 Å². The summed E-state index contributed by atoms with van der Waals surface area (Å²) < 4.78 is 6.08. The Hall–Kier alpha value is -1.12. The minimum Gasteiger partial charge on any atom is -0.474 e. The van der Waals surface area contributed by atoms with Crippen molar-refractivity contribution in [2.45, 2.75) is 70.3 Å². The summed E-state index contributed by atoms with van der Waals surface area (Å²) in [5, 5.41) is 0. The van der Waals surface area contributed by atoms with Gasteiger partial charge in [-0.2, -0.15) is 0 Å². The second-order valence-electron chi connectivity index (χ2n) is 6.63. The van der Waals surface area contributed by atoms with Gasteiger partial charge in [0.2, 0.25) is 5.88 Å². The van der Waals surface area contributed by atoms with Gasteiger partial charge >= 0.3 is 0 Å². The lowest BCUT2D eigenvalue weighted by molar-refractivity contribution is 0.111. The van der Waals surface area contributed by atoms with E-state index < -0.39 is 0 Å². The van der Waals surface area contributed by atoms with Crippen molar-refractivity contribution in [1.29, 1.82) is 0 Å². The molecule has 0 spiro atoms. The maximum atomic E-state index is 6.08. The number of ether oxygens (including phenoxy) is 1. The van der Waals surface area contributed by atoms with E-state index >= 15 is 0 Å². The third-order valence-corrected chi connectivity index (χ3v) is 3.89. The van der Waals surface area contributed by atoms with Gasteiger partial charge in [0, 0.05) is 11.5 Å². The van der Waals surface area contributed by atoms with Crippen LogP contribution in [0.5, 0.6) is 5.88 Å². The number of hydrogen-bond donors (Lipinski definition) is 0. The summed E-state index contributed by atoms with van der Waals surface area (Å²) in [6.45, 7) is 6.68. The van der Waals surface area contributed by atoms with Crippen LogP contribution in [0, 0.1) is 0 Å². The zero-order valence-electron chi connectivity index (χ0n) is 11.6. The quantitative estimate of drug-likeness (QED) is 0.817. The molecule has 18 heavy (non-hydrogen) atoms. The monoisotopic (exact) mass is 246 g/mol. The van der Waals surface area contributed by atoms with Crippen LogP contribution >= 0.6 is 0 Å². The molecule has 2 aliphatic carbocycles. The van der Waals surface area contributed by atoms with E-state index in [9.17, 15) is 0 Å². The molecule has 3 rings (SSSR count). The smallest absolute Gasteiger partial charge is 0.220 e. The van der Waals surface area contributed by atoms with Gasteiger partial charge < -0.3 is 4.74 Å². The average Bonchev–Trinajstić information content (AvgIpc) is 3.05. The Morgan fingerprint density at radius 2 is 1.83 bits per heavy atom. The summed E-state index contributed by atoms with van der Waals surface area (Å²) in [6.07, 6.45) is 8.23. The van der Waals surface area contributed by atoms with Crippen LogP contribution in [0.25, 0.3) is 0 Å². The Morgan fingerprint density at radius 3 is 2.33 bits per heavy atom. The highest BCUT2D eigenvalue weighted by molar-refractivity contribution is 5.39. The number of nitrogens with zero attached hydrogens (tertiary/aromatic N) is 2. The standard InChI is InChI=1S/C15H22N2O/c1-15(2,3)12-13(10-7-8-10)16-9-17-14(12)18-11-5-4-6-11/h9-11H,4-8H2,1-3H3. The van der Waals surface area contributed by atoms with Crippen molar-refractivity contribution in [1.82, 2.24) is 9.97 Å². The molecule has 0 atom stereocenters. The van der Waals surface area contributed by atoms with Crippen molar-refractivity contribution in [3.8, 4) is 5.88 Å². The topological polar surface area (TPSA) is 35.0 Å². The summed E-state index contributed by atoms with van der Waals surface area (Å²) in [7, 11) is 0. The molecule has 0 saturated heterocycles. The zero-order valence-corrected chi connectivity index (χ0v) is 11.6. The fraction of sp³-hybridized carbons (Fsp3) is 0.733. The van der Waals surface area contributed by atoms with Crippen molar-refractivity contribution < 1.29 is 4.74 Å². The molecule has 98 valence electrons. The first kappa shape index (κ1) is 11.9. The molecular weight excluding hydrogens is 224 g/mol. The van der Waals surface area contributed by atoms with Gasteiger partial charge in [-0.25, -0.2) is 9.97 Å². The largest absolute Gasteiger partial charge is 0.474 e. The molecule has 3 nitrogen and oxygen atoms in total. The molecular formula is C15H22N2O. The van der Waals surface area contributed by atoms with Gasteiger partial charge in [-0.1, -0.05) is 20.8 Å². The lowest BCUT2D eigenvalue weighted by atomic mass is 9.85. The highest BCUT2D eigenvalue weighted by Gasteiger charge is 2.35. The summed E-state index contributed by atoms with van der Waals surface area (Å²) >= 11 is 0. The molecule has 0 amide bonds. The Morgan fingerprint density at radius 1 is 1.11 bits per heavy atom. The molecule has 0 radical (unpaired) electrons. The molecule has 0 aliphatic heterocycles. The van der Waals surface area contributed by atoms with E-state index in [0.717, 1.165) is 5.88 Å². The van der Waals surface area contributed by atoms with Gasteiger partial charge in [-0.15, -0.1) is 0 Å². The highest BCUT2D eigenvalue weighted by Crippen LogP contribution is 2.45. The summed E-state index contributed by atoms with van der Waals surface area (Å²) in [5.41, 5.74) is 2.52. The van der Waals surface area contributed by atoms with Crippen LogP contribution in [0.3, 0.4) is 0 Å². The van der Waals surface area contributed by atoms with E-state index in [1.54, 1.807) is 6.33 Å². The van der Waals surface area contributed by atoms with E-state index in [1.807, 2.05) is 0 Å². The summed E-state index contributed by atoms with van der Waals surface area (Å²) in [6, 6.07) is 0. The van der Waals surface area contributed by atoms with Gasteiger partial charge in [0.1, 0.15) is 12.4 Å². The SMILES string of the molecule is CC(C)(C)c1c(OC2CCC2)ncnc1C1CC1. The minimum atomic E-state index is 0.0538. The molecule has 1 heterocycles. The molecule has 2 saturated carbocycles. The lowest BCUT2D eigenvalue weighted by Gasteiger charge is -2.30. The number of rotatable bonds is 3. The van der Waals surface area contributed by atoms with E-state index in [-0.39, 0.29) is 5.41 Å². The summed E-state index contributed by atoms with van der Waals surface area (Å²) in [4.78, 5) is 8.93. The molecule has 0 bridgehead atoms. The van der Waals surface area contributed by atoms with Gasteiger partial charge in [-0.05, 0) is 37.5 Å². The fourth-order valence-corrected chi connectivity index (χ4v) is 2.49. The van der Waals surface area contributed by atoms with Gasteiger partial charge in [0.25, 0.3) is 0 Å². The van der Waals surface area contributed by atoms with E-state index in [0.29, 0.717) is 12.0 Å². The second kappa shape index (κ2) is 4.22. The molecule has 0 unspecified atom stereocenters. The predicted molar refractivity (Wildman–Crippen MR) is 71.0 cm³/mol. The molecule has 3 heteroatoms. The van der Waals surface area contributed by atoms with Crippen LogP contribution in [0.4, 0.5) is 0 Å². The van der Waals surface area contributed by atoms with E-state index in [2.05, 4.69) is 30.7 Å². The molecule has 2 fully saturated rings. The molecule has 1 aromatic heterocycles. The van der Waals surface area contributed by atoms with Gasteiger partial charge in [-0.3, -0.25) is 0 Å². The lowest BCUT2D eigenvalue weighted by Crippen LogP contribution is -2.27. The second-order valence-corrected chi connectivity index (χ2v) is 6.63. The third-order valence-electron chi connectivity index (χ3n) is 3.89. The molecule has 0 aromatic carbocycles. The summed E-state index contributed by atoms with van der Waals surface area (Å²) in [5.74, 6) is 1.48. The van der Waals surface area contributed by atoms with Crippen LogP contribution in [-0.2, 0) is 5.41 Å². The Bertz CT molecular complexity index is 442. The Balaban J connectivity index is 1.97. The van der Waals surface area contributed by atoms with Crippen LogP contribution < -0.4 is 4.74 Å². The third kappa shape index (κ3) is 2.23. The Labute approximate surface area is 109 Å². The molecule has 0 N–H and O–H groups in total. The van der Waals surface area contributed by atoms with E-state index in [1.165, 1.54) is 43.4 Å². The maximum Gasteiger partial charge on any atom is 0.220 e. The normalized spacial score (nSPS) is 20.6. The first-order chi connectivity index (χ1) is 8.55. The number of aromatic nitrogens is 2. The molecule has 1 aromatic rings. The van der Waals surface area contributed by atoms with Crippen LogP contribution in [0.15, 0.2) is 6.33 Å². The van der Waals surface area contributed by atoms with Gasteiger partial charge in [0.05, 0.1) is 5.69 Å². The fourth-order valence-electron chi connectivity index (χ4n) is 2.49. The van der Waals surface area contributed by atoms with Gasteiger partial charge in [0.15, 0.2) is 0 Å². The minimum absolute atomic E-state index is 0.0538.